The summed E-state index contributed by atoms with van der Waals surface area (Å²) in [4.78, 5) is 0. The highest BCUT2D eigenvalue weighted by atomic mass is 28.3. The van der Waals surface area contributed by atoms with Gasteiger partial charge in [-0.05, 0) is 6.04 Å². The van der Waals surface area contributed by atoms with E-state index in [2.05, 4.69) is 24.4 Å². The summed E-state index contributed by atoms with van der Waals surface area (Å²) >= 11 is 0. The Morgan fingerprint density at radius 1 is 1.17 bits per heavy atom. The first-order valence-corrected chi connectivity index (χ1v) is 7.56. The molecule has 0 rings (SSSR count). The van der Waals surface area contributed by atoms with Crippen LogP contribution >= 0.6 is 0 Å². The van der Waals surface area contributed by atoms with Crippen molar-refractivity contribution in [2.45, 2.75) is 31.9 Å². The summed E-state index contributed by atoms with van der Waals surface area (Å²) < 4.78 is 39.2. The van der Waals surface area contributed by atoms with Gasteiger partial charge in [-0.25, -0.2) is 0 Å². The molecule has 12 heavy (non-hydrogen) atoms. The molecule has 0 aromatic rings. The second-order valence-electron chi connectivity index (χ2n) is 3.98. The number of hydrogen-bond acceptors (Lipinski definition) is 1. The molecule has 0 aliphatic rings. The van der Waals surface area contributed by atoms with Crippen LogP contribution in [0.2, 0.25) is 25.7 Å². The van der Waals surface area contributed by atoms with Crippen LogP contribution in [-0.2, 0) is 4.74 Å². The van der Waals surface area contributed by atoms with Gasteiger partial charge in [0.1, 0.15) is 6.61 Å². The molecule has 0 aromatic heterocycles. The van der Waals surface area contributed by atoms with Gasteiger partial charge in [0.15, 0.2) is 0 Å². The van der Waals surface area contributed by atoms with Crippen LogP contribution in [0.5, 0.6) is 0 Å². The Labute approximate surface area is 71.9 Å². The SMILES string of the molecule is C[Si](C)(C)CCOCC(F)(F)F. The van der Waals surface area contributed by atoms with Crippen LogP contribution in [0.15, 0.2) is 0 Å². The summed E-state index contributed by atoms with van der Waals surface area (Å²) in [6.07, 6.45) is -4.18. The highest BCUT2D eigenvalue weighted by molar-refractivity contribution is 6.76. The Hall–Kier alpha value is -0.0331. The minimum atomic E-state index is -4.18. The van der Waals surface area contributed by atoms with Crippen molar-refractivity contribution in [3.05, 3.63) is 0 Å². The van der Waals surface area contributed by atoms with Crippen LogP contribution in [0.25, 0.3) is 0 Å². The van der Waals surface area contributed by atoms with Gasteiger partial charge in [-0.1, -0.05) is 19.6 Å². The molecular formula is C7H15F3OSi. The molecule has 5 heteroatoms. The van der Waals surface area contributed by atoms with Gasteiger partial charge in [0, 0.05) is 14.7 Å². The number of hydrogen-bond donors (Lipinski definition) is 0. The van der Waals surface area contributed by atoms with Crippen molar-refractivity contribution in [3.8, 4) is 0 Å². The van der Waals surface area contributed by atoms with Gasteiger partial charge in [0.05, 0.1) is 0 Å². The zero-order valence-corrected chi connectivity index (χ0v) is 8.66. The van der Waals surface area contributed by atoms with Gasteiger partial charge in [-0.2, -0.15) is 13.2 Å². The largest absolute Gasteiger partial charge is 0.411 e. The van der Waals surface area contributed by atoms with Crippen LogP contribution in [0.1, 0.15) is 0 Å². The Morgan fingerprint density at radius 2 is 1.67 bits per heavy atom. The van der Waals surface area contributed by atoms with Gasteiger partial charge >= 0.3 is 6.18 Å². The van der Waals surface area contributed by atoms with Crippen LogP contribution in [-0.4, -0.2) is 27.5 Å². The van der Waals surface area contributed by atoms with E-state index in [0.717, 1.165) is 6.04 Å². The molecule has 1 nitrogen and oxygen atoms in total. The lowest BCUT2D eigenvalue weighted by Gasteiger charge is -2.15. The lowest BCUT2D eigenvalue weighted by molar-refractivity contribution is -0.172. The highest BCUT2D eigenvalue weighted by Crippen LogP contribution is 2.15. The molecule has 0 saturated heterocycles. The van der Waals surface area contributed by atoms with E-state index in [1.165, 1.54) is 0 Å². The molecule has 0 heterocycles. The van der Waals surface area contributed by atoms with Crippen molar-refractivity contribution in [1.82, 2.24) is 0 Å². The molecule has 0 spiro atoms. The van der Waals surface area contributed by atoms with Crippen LogP contribution < -0.4 is 0 Å². The van der Waals surface area contributed by atoms with Gasteiger partial charge < -0.3 is 4.74 Å². The average molecular weight is 200 g/mol. The van der Waals surface area contributed by atoms with Gasteiger partial charge in [-0.3, -0.25) is 0 Å². The molecule has 0 atom stereocenters. The monoisotopic (exact) mass is 200 g/mol. The summed E-state index contributed by atoms with van der Waals surface area (Å²) in [5, 5.41) is 0. The van der Waals surface area contributed by atoms with Crippen molar-refractivity contribution in [2.75, 3.05) is 13.2 Å². The van der Waals surface area contributed by atoms with E-state index in [1.54, 1.807) is 0 Å². The third-order valence-electron chi connectivity index (χ3n) is 1.26. The smallest absolute Gasteiger partial charge is 0.372 e. The molecule has 0 aliphatic heterocycles. The molecular weight excluding hydrogens is 185 g/mol. The predicted octanol–water partition coefficient (Wildman–Crippen LogP) is 2.90. The molecule has 0 fully saturated rings. The predicted molar refractivity (Wildman–Crippen MR) is 45.0 cm³/mol. The van der Waals surface area contributed by atoms with E-state index in [1.807, 2.05) is 0 Å². The minimum Gasteiger partial charge on any atom is -0.372 e. The molecule has 0 radical (unpaired) electrons. The first kappa shape index (κ1) is 12.0. The molecule has 0 N–H and O–H groups in total. The van der Waals surface area contributed by atoms with Crippen molar-refractivity contribution in [1.29, 1.82) is 0 Å². The molecule has 0 bridgehead atoms. The minimum absolute atomic E-state index is 0.231. The second-order valence-corrected chi connectivity index (χ2v) is 9.60. The maximum absolute atomic E-state index is 11.6. The molecule has 0 aliphatic carbocycles. The van der Waals surface area contributed by atoms with E-state index >= 15 is 0 Å². The fourth-order valence-electron chi connectivity index (χ4n) is 0.566. The zero-order valence-electron chi connectivity index (χ0n) is 7.66. The van der Waals surface area contributed by atoms with E-state index in [4.69, 9.17) is 0 Å². The van der Waals surface area contributed by atoms with Crippen LogP contribution in [0.4, 0.5) is 13.2 Å². The van der Waals surface area contributed by atoms with E-state index in [9.17, 15) is 13.2 Å². The quantitative estimate of drug-likeness (QED) is 0.501. The third kappa shape index (κ3) is 9.97. The van der Waals surface area contributed by atoms with Crippen LogP contribution in [0.3, 0.4) is 0 Å². The molecule has 0 amide bonds. The summed E-state index contributed by atoms with van der Waals surface area (Å²) in [6, 6.07) is 0.781. The summed E-state index contributed by atoms with van der Waals surface area (Å²) in [6.45, 7) is 5.42. The van der Waals surface area contributed by atoms with Gasteiger partial charge in [0.2, 0.25) is 0 Å². The molecule has 0 aromatic carbocycles. The first-order valence-electron chi connectivity index (χ1n) is 3.85. The third-order valence-corrected chi connectivity index (χ3v) is 2.97. The highest BCUT2D eigenvalue weighted by Gasteiger charge is 2.27. The first-order chi connectivity index (χ1) is 5.21. The van der Waals surface area contributed by atoms with Gasteiger partial charge in [0.25, 0.3) is 0 Å². The lowest BCUT2D eigenvalue weighted by Crippen LogP contribution is -2.24. The Kier molecular flexibility index (Phi) is 4.26. The Morgan fingerprint density at radius 3 is 2.00 bits per heavy atom. The van der Waals surface area contributed by atoms with Crippen molar-refractivity contribution in [2.24, 2.45) is 0 Å². The number of alkyl halides is 3. The maximum atomic E-state index is 11.6. The summed E-state index contributed by atoms with van der Waals surface area (Å²) in [5.74, 6) is 0. The number of ether oxygens (including phenoxy) is 1. The Bertz CT molecular complexity index is 112. The molecule has 0 unspecified atom stereocenters. The fourth-order valence-corrected chi connectivity index (χ4v) is 1.32. The lowest BCUT2D eigenvalue weighted by atomic mass is 10.7. The normalized spacial score (nSPS) is 13.5. The standard InChI is InChI=1S/C7H15F3OSi/c1-12(2,3)5-4-11-6-7(8,9)10/h4-6H2,1-3H3. The maximum Gasteiger partial charge on any atom is 0.411 e. The molecule has 0 saturated carbocycles. The Balaban J connectivity index is 3.35. The number of halogens is 3. The summed E-state index contributed by atoms with van der Waals surface area (Å²) in [7, 11) is -1.25. The van der Waals surface area contributed by atoms with Crippen molar-refractivity contribution in [3.63, 3.8) is 0 Å². The fraction of sp³-hybridized carbons (Fsp3) is 1.00. The van der Waals surface area contributed by atoms with E-state index < -0.39 is 20.9 Å². The number of rotatable bonds is 4. The van der Waals surface area contributed by atoms with Gasteiger partial charge in [-0.15, -0.1) is 0 Å². The van der Waals surface area contributed by atoms with E-state index in [-0.39, 0.29) is 6.61 Å². The van der Waals surface area contributed by atoms with Crippen molar-refractivity contribution < 1.29 is 17.9 Å². The van der Waals surface area contributed by atoms with E-state index in [0.29, 0.717) is 0 Å². The summed E-state index contributed by atoms with van der Waals surface area (Å²) in [5.41, 5.74) is 0. The topological polar surface area (TPSA) is 9.23 Å². The van der Waals surface area contributed by atoms with Crippen LogP contribution in [0, 0.1) is 0 Å². The average Bonchev–Trinajstić information content (AvgIpc) is 1.76. The second kappa shape index (κ2) is 4.27. The molecule has 74 valence electrons. The zero-order chi connectivity index (χ0) is 9.83. The van der Waals surface area contributed by atoms with Crippen molar-refractivity contribution >= 4 is 8.07 Å².